The van der Waals surface area contributed by atoms with Crippen LogP contribution in [0.15, 0.2) is 34.1 Å². The fraction of sp³-hybridized carbons (Fsp3) is 0.421. The maximum Gasteiger partial charge on any atom is 0.332 e. The van der Waals surface area contributed by atoms with Crippen LogP contribution in [-0.4, -0.2) is 42.0 Å². The van der Waals surface area contributed by atoms with E-state index < -0.39 is 5.69 Å². The number of nitrogens with one attached hydrogen (secondary N) is 1. The lowest BCUT2D eigenvalue weighted by atomic mass is 10.1. The van der Waals surface area contributed by atoms with Crippen LogP contribution in [0.4, 0.5) is 0 Å². The Labute approximate surface area is 161 Å². The van der Waals surface area contributed by atoms with Gasteiger partial charge < -0.3 is 20.1 Å². The molecular formula is C19H25N5O4. The number of phenolic OH excluding ortho intramolecular Hbond substituents is 2. The first-order chi connectivity index (χ1) is 13.3. The number of fused-ring (bicyclic) bond motifs is 1. The molecule has 9 nitrogen and oxygen atoms in total. The van der Waals surface area contributed by atoms with Gasteiger partial charge in [-0.05, 0) is 43.1 Å². The van der Waals surface area contributed by atoms with Gasteiger partial charge in [0.2, 0.25) is 0 Å². The summed E-state index contributed by atoms with van der Waals surface area (Å²) in [4.78, 5) is 28.7. The fourth-order valence-corrected chi connectivity index (χ4v) is 3.24. The molecule has 0 spiro atoms. The van der Waals surface area contributed by atoms with Crippen LogP contribution in [0, 0.1) is 5.92 Å². The van der Waals surface area contributed by atoms with E-state index in [0.29, 0.717) is 17.7 Å². The number of imidazole rings is 1. The second kappa shape index (κ2) is 7.89. The minimum atomic E-state index is -0.391. The third-order valence-electron chi connectivity index (χ3n) is 4.85. The molecular weight excluding hydrogens is 362 g/mol. The minimum absolute atomic E-state index is 0.117. The second-order valence-corrected chi connectivity index (χ2v) is 7.16. The highest BCUT2D eigenvalue weighted by atomic mass is 16.3. The fourth-order valence-electron chi connectivity index (χ4n) is 3.24. The van der Waals surface area contributed by atoms with Crippen molar-refractivity contribution in [1.29, 1.82) is 0 Å². The van der Waals surface area contributed by atoms with Crippen LogP contribution in [0.25, 0.3) is 11.2 Å². The molecule has 1 atom stereocenters. The van der Waals surface area contributed by atoms with E-state index in [9.17, 15) is 19.8 Å². The number of rotatable bonds is 7. The van der Waals surface area contributed by atoms with Gasteiger partial charge in [0.1, 0.15) is 0 Å². The maximum absolute atomic E-state index is 12.5. The summed E-state index contributed by atoms with van der Waals surface area (Å²) in [6.07, 6.45) is 2.32. The summed E-state index contributed by atoms with van der Waals surface area (Å²) in [5, 5.41) is 22.2. The van der Waals surface area contributed by atoms with Crippen LogP contribution in [0.2, 0.25) is 0 Å². The molecule has 0 aliphatic heterocycles. The molecule has 2 aromatic heterocycles. The van der Waals surface area contributed by atoms with Gasteiger partial charge in [-0.2, -0.15) is 0 Å². The molecule has 28 heavy (non-hydrogen) atoms. The average Bonchev–Trinajstić information content (AvgIpc) is 3.08. The minimum Gasteiger partial charge on any atom is -0.504 e. The normalized spacial score (nSPS) is 12.5. The molecule has 2 heterocycles. The van der Waals surface area contributed by atoms with Gasteiger partial charge in [-0.1, -0.05) is 13.0 Å². The predicted octanol–water partition coefficient (Wildman–Crippen LogP) is 0.313. The van der Waals surface area contributed by atoms with Crippen LogP contribution in [0.3, 0.4) is 0 Å². The Bertz CT molecular complexity index is 1110. The first-order valence-corrected chi connectivity index (χ1v) is 9.12. The maximum atomic E-state index is 12.5. The van der Waals surface area contributed by atoms with Crippen molar-refractivity contribution >= 4 is 11.2 Å². The van der Waals surface area contributed by atoms with Crippen molar-refractivity contribution in [2.75, 3.05) is 13.1 Å². The standard InChI is InChI=1S/C19H25N5O4/c1-12(9-20-7-6-13-4-5-14(25)15(26)8-13)10-24-11-21-17-16(24)18(27)23(3)19(28)22(17)2/h4-5,8,11-12,20,25-26H,6-7,9-10H2,1-3H3. The van der Waals surface area contributed by atoms with E-state index in [4.69, 9.17) is 0 Å². The van der Waals surface area contributed by atoms with E-state index in [1.165, 1.54) is 17.7 Å². The molecule has 0 amide bonds. The van der Waals surface area contributed by atoms with Crippen molar-refractivity contribution < 1.29 is 10.2 Å². The van der Waals surface area contributed by atoms with E-state index in [1.807, 2.05) is 0 Å². The molecule has 0 bridgehead atoms. The van der Waals surface area contributed by atoms with Crippen LogP contribution in [0.5, 0.6) is 11.5 Å². The Morgan fingerprint density at radius 1 is 1.14 bits per heavy atom. The Hall–Kier alpha value is -3.07. The summed E-state index contributed by atoms with van der Waals surface area (Å²) in [5.41, 5.74) is 1.01. The summed E-state index contributed by atoms with van der Waals surface area (Å²) in [5.74, 6) is -0.0112. The van der Waals surface area contributed by atoms with Gasteiger partial charge >= 0.3 is 5.69 Å². The highest BCUT2D eigenvalue weighted by molar-refractivity contribution is 5.69. The van der Waals surface area contributed by atoms with Gasteiger partial charge in [-0.25, -0.2) is 9.78 Å². The topological polar surface area (TPSA) is 114 Å². The van der Waals surface area contributed by atoms with Crippen molar-refractivity contribution in [3.63, 3.8) is 0 Å². The molecule has 0 aliphatic carbocycles. The van der Waals surface area contributed by atoms with Crippen molar-refractivity contribution in [2.24, 2.45) is 20.0 Å². The zero-order valence-corrected chi connectivity index (χ0v) is 16.2. The van der Waals surface area contributed by atoms with Crippen molar-refractivity contribution in [3.05, 3.63) is 50.9 Å². The monoisotopic (exact) mass is 387 g/mol. The summed E-state index contributed by atoms with van der Waals surface area (Å²) in [6, 6.07) is 4.81. The zero-order chi connectivity index (χ0) is 20.4. The van der Waals surface area contributed by atoms with Crippen LogP contribution < -0.4 is 16.6 Å². The van der Waals surface area contributed by atoms with Gasteiger partial charge in [0.25, 0.3) is 5.56 Å². The Kier molecular flexibility index (Phi) is 5.55. The summed E-state index contributed by atoms with van der Waals surface area (Å²) >= 11 is 0. The zero-order valence-electron chi connectivity index (χ0n) is 16.2. The molecule has 9 heteroatoms. The number of benzene rings is 1. The smallest absolute Gasteiger partial charge is 0.332 e. The number of hydrogen-bond acceptors (Lipinski definition) is 6. The highest BCUT2D eigenvalue weighted by Crippen LogP contribution is 2.24. The van der Waals surface area contributed by atoms with E-state index in [2.05, 4.69) is 17.2 Å². The molecule has 3 aromatic rings. The first-order valence-electron chi connectivity index (χ1n) is 9.12. The number of nitrogens with zero attached hydrogens (tertiary/aromatic N) is 4. The lowest BCUT2D eigenvalue weighted by molar-refractivity contribution is 0.403. The molecule has 0 aliphatic rings. The number of aromatic nitrogens is 4. The molecule has 0 saturated heterocycles. The predicted molar refractivity (Wildman–Crippen MR) is 106 cm³/mol. The number of phenols is 2. The third kappa shape index (κ3) is 3.79. The lowest BCUT2D eigenvalue weighted by Gasteiger charge is -2.14. The molecule has 0 radical (unpaired) electrons. The molecule has 1 unspecified atom stereocenters. The summed E-state index contributed by atoms with van der Waals surface area (Å²) in [7, 11) is 3.07. The molecule has 150 valence electrons. The van der Waals surface area contributed by atoms with Crippen molar-refractivity contribution in [2.45, 2.75) is 19.9 Å². The summed E-state index contributed by atoms with van der Waals surface area (Å²) < 4.78 is 4.27. The first kappa shape index (κ1) is 19.7. The number of aromatic hydroxyl groups is 2. The second-order valence-electron chi connectivity index (χ2n) is 7.16. The molecule has 0 fully saturated rings. The SMILES string of the molecule is CC(CNCCc1ccc(O)c(O)c1)Cn1cnc2c1c(=O)n(C)c(=O)n2C. The Balaban J connectivity index is 1.61. The Morgan fingerprint density at radius 3 is 2.61 bits per heavy atom. The van der Waals surface area contributed by atoms with Crippen molar-refractivity contribution in [3.8, 4) is 11.5 Å². The van der Waals surface area contributed by atoms with E-state index in [1.54, 1.807) is 30.1 Å². The number of hydrogen-bond donors (Lipinski definition) is 3. The van der Waals surface area contributed by atoms with Crippen LogP contribution in [-0.2, 0) is 27.1 Å². The van der Waals surface area contributed by atoms with Crippen LogP contribution in [0.1, 0.15) is 12.5 Å². The van der Waals surface area contributed by atoms with Gasteiger partial charge in [0.15, 0.2) is 22.7 Å². The molecule has 3 rings (SSSR count). The third-order valence-corrected chi connectivity index (χ3v) is 4.85. The Morgan fingerprint density at radius 2 is 1.89 bits per heavy atom. The number of aryl methyl sites for hydroxylation is 1. The molecule has 0 saturated carbocycles. The van der Waals surface area contributed by atoms with E-state index >= 15 is 0 Å². The summed E-state index contributed by atoms with van der Waals surface area (Å²) in [6.45, 7) is 4.11. The quantitative estimate of drug-likeness (QED) is 0.397. The van der Waals surface area contributed by atoms with Gasteiger partial charge in [-0.3, -0.25) is 13.9 Å². The van der Waals surface area contributed by atoms with Crippen LogP contribution >= 0.6 is 0 Å². The molecule has 1 aromatic carbocycles. The van der Waals surface area contributed by atoms with Crippen molar-refractivity contribution in [1.82, 2.24) is 24.0 Å². The lowest BCUT2D eigenvalue weighted by Crippen LogP contribution is -2.37. The van der Waals surface area contributed by atoms with E-state index in [-0.39, 0.29) is 23.0 Å². The van der Waals surface area contributed by atoms with Gasteiger partial charge in [-0.15, -0.1) is 0 Å². The molecule has 3 N–H and O–H groups in total. The highest BCUT2D eigenvalue weighted by Gasteiger charge is 2.15. The largest absolute Gasteiger partial charge is 0.504 e. The van der Waals surface area contributed by atoms with Gasteiger partial charge in [0, 0.05) is 20.6 Å². The van der Waals surface area contributed by atoms with E-state index in [0.717, 1.165) is 29.6 Å². The van der Waals surface area contributed by atoms with Gasteiger partial charge in [0.05, 0.1) is 6.33 Å². The average molecular weight is 387 g/mol.